The summed E-state index contributed by atoms with van der Waals surface area (Å²) in [5.74, 6) is 0.226. The van der Waals surface area contributed by atoms with E-state index in [9.17, 15) is 4.79 Å². The van der Waals surface area contributed by atoms with Gasteiger partial charge in [-0.2, -0.15) is 0 Å². The molecule has 1 unspecified atom stereocenters. The van der Waals surface area contributed by atoms with E-state index in [0.29, 0.717) is 12.5 Å². The quantitative estimate of drug-likeness (QED) is 0.654. The minimum absolute atomic E-state index is 0.226. The third-order valence-electron chi connectivity index (χ3n) is 3.23. The number of hydrogen-bond acceptors (Lipinski definition) is 2. The molecule has 1 atom stereocenters. The predicted molar refractivity (Wildman–Crippen MR) is 67.4 cm³/mol. The van der Waals surface area contributed by atoms with Crippen LogP contribution in [0.25, 0.3) is 0 Å². The highest BCUT2D eigenvalue weighted by Gasteiger charge is 2.11. The summed E-state index contributed by atoms with van der Waals surface area (Å²) in [5.41, 5.74) is 0. The summed E-state index contributed by atoms with van der Waals surface area (Å²) >= 11 is 0. The maximum atomic E-state index is 11.4. The zero-order chi connectivity index (χ0) is 11.6. The van der Waals surface area contributed by atoms with Gasteiger partial charge in [-0.15, -0.1) is 0 Å². The van der Waals surface area contributed by atoms with Crippen LogP contribution >= 0.6 is 0 Å². The van der Waals surface area contributed by atoms with Crippen molar-refractivity contribution in [1.82, 2.24) is 10.6 Å². The van der Waals surface area contributed by atoms with Crippen molar-refractivity contribution < 1.29 is 4.79 Å². The van der Waals surface area contributed by atoms with Crippen molar-refractivity contribution in [2.24, 2.45) is 0 Å². The van der Waals surface area contributed by atoms with Gasteiger partial charge in [0.1, 0.15) is 0 Å². The first kappa shape index (κ1) is 13.5. The van der Waals surface area contributed by atoms with Gasteiger partial charge in [-0.3, -0.25) is 4.79 Å². The lowest BCUT2D eigenvalue weighted by Gasteiger charge is -2.23. The molecule has 1 aliphatic rings. The minimum Gasteiger partial charge on any atom is -0.356 e. The Morgan fingerprint density at radius 3 is 2.94 bits per heavy atom. The zero-order valence-electron chi connectivity index (χ0n) is 10.6. The molecule has 0 aromatic carbocycles. The van der Waals surface area contributed by atoms with Gasteiger partial charge >= 0.3 is 0 Å². The van der Waals surface area contributed by atoms with E-state index in [1.807, 2.05) is 0 Å². The highest BCUT2D eigenvalue weighted by molar-refractivity contribution is 5.75. The van der Waals surface area contributed by atoms with Crippen molar-refractivity contribution >= 4 is 5.91 Å². The van der Waals surface area contributed by atoms with Gasteiger partial charge in [0.25, 0.3) is 0 Å². The fourth-order valence-electron chi connectivity index (χ4n) is 2.18. The fourth-order valence-corrected chi connectivity index (χ4v) is 2.18. The van der Waals surface area contributed by atoms with Crippen LogP contribution in [0.5, 0.6) is 0 Å². The molecule has 16 heavy (non-hydrogen) atoms. The summed E-state index contributed by atoms with van der Waals surface area (Å²) < 4.78 is 0. The summed E-state index contributed by atoms with van der Waals surface area (Å²) in [7, 11) is 0. The van der Waals surface area contributed by atoms with Crippen molar-refractivity contribution in [2.45, 2.75) is 64.3 Å². The number of piperidine rings is 1. The van der Waals surface area contributed by atoms with Crippen molar-refractivity contribution in [1.29, 1.82) is 0 Å². The molecule has 1 amide bonds. The Labute approximate surface area is 99.4 Å². The standard InChI is InChI=1S/C13H26N2O/c1-2-3-4-8-13(16)15-11-9-12-7-5-6-10-14-12/h12,14H,2-11H2,1H3,(H,15,16). The third kappa shape index (κ3) is 6.11. The second-order valence-corrected chi connectivity index (χ2v) is 4.74. The molecular weight excluding hydrogens is 200 g/mol. The van der Waals surface area contributed by atoms with E-state index >= 15 is 0 Å². The molecule has 1 heterocycles. The minimum atomic E-state index is 0.226. The van der Waals surface area contributed by atoms with Crippen molar-refractivity contribution in [3.63, 3.8) is 0 Å². The van der Waals surface area contributed by atoms with Gasteiger partial charge in [-0.05, 0) is 32.2 Å². The van der Waals surface area contributed by atoms with Crippen LogP contribution < -0.4 is 10.6 Å². The van der Waals surface area contributed by atoms with Crippen LogP contribution in [0.4, 0.5) is 0 Å². The molecule has 0 aromatic heterocycles. The Morgan fingerprint density at radius 2 is 2.25 bits per heavy atom. The van der Waals surface area contributed by atoms with Crippen molar-refractivity contribution in [2.75, 3.05) is 13.1 Å². The number of carbonyl (C=O) groups excluding carboxylic acids is 1. The molecular formula is C13H26N2O. The zero-order valence-corrected chi connectivity index (χ0v) is 10.6. The largest absolute Gasteiger partial charge is 0.356 e. The molecule has 1 aliphatic heterocycles. The van der Waals surface area contributed by atoms with E-state index in [1.54, 1.807) is 0 Å². The molecule has 0 saturated carbocycles. The maximum Gasteiger partial charge on any atom is 0.219 e. The van der Waals surface area contributed by atoms with Crippen molar-refractivity contribution in [3.05, 3.63) is 0 Å². The lowest BCUT2D eigenvalue weighted by molar-refractivity contribution is -0.121. The smallest absolute Gasteiger partial charge is 0.219 e. The van der Waals surface area contributed by atoms with E-state index in [1.165, 1.54) is 25.7 Å². The summed E-state index contributed by atoms with van der Waals surface area (Å²) in [6, 6.07) is 0.629. The first-order chi connectivity index (χ1) is 7.83. The first-order valence-electron chi connectivity index (χ1n) is 6.83. The summed E-state index contributed by atoms with van der Waals surface area (Å²) in [5, 5.41) is 6.50. The number of nitrogens with one attached hydrogen (secondary N) is 2. The molecule has 2 N–H and O–H groups in total. The van der Waals surface area contributed by atoms with Gasteiger partial charge < -0.3 is 10.6 Å². The number of unbranched alkanes of at least 4 members (excludes halogenated alkanes) is 2. The summed E-state index contributed by atoms with van der Waals surface area (Å²) in [4.78, 5) is 11.4. The molecule has 1 fully saturated rings. The Kier molecular flexibility index (Phi) is 7.23. The van der Waals surface area contributed by atoms with Crippen LogP contribution in [-0.2, 0) is 4.79 Å². The molecule has 0 radical (unpaired) electrons. The molecule has 3 nitrogen and oxygen atoms in total. The van der Waals surface area contributed by atoms with Crippen LogP contribution in [0.2, 0.25) is 0 Å². The van der Waals surface area contributed by atoms with Gasteiger partial charge in [0, 0.05) is 19.0 Å². The van der Waals surface area contributed by atoms with E-state index in [2.05, 4.69) is 17.6 Å². The van der Waals surface area contributed by atoms with Crippen LogP contribution in [0.1, 0.15) is 58.3 Å². The van der Waals surface area contributed by atoms with Gasteiger partial charge in [0.15, 0.2) is 0 Å². The van der Waals surface area contributed by atoms with Crippen LogP contribution in [-0.4, -0.2) is 25.0 Å². The summed E-state index contributed by atoms with van der Waals surface area (Å²) in [6.07, 6.45) is 9.07. The molecule has 0 aromatic rings. The monoisotopic (exact) mass is 226 g/mol. The van der Waals surface area contributed by atoms with Gasteiger partial charge in [-0.1, -0.05) is 26.2 Å². The summed E-state index contributed by atoms with van der Waals surface area (Å²) in [6.45, 7) is 4.14. The van der Waals surface area contributed by atoms with E-state index < -0.39 is 0 Å². The third-order valence-corrected chi connectivity index (χ3v) is 3.23. The van der Waals surface area contributed by atoms with E-state index in [4.69, 9.17) is 0 Å². The molecule has 1 saturated heterocycles. The van der Waals surface area contributed by atoms with E-state index in [0.717, 1.165) is 32.4 Å². The molecule has 0 spiro atoms. The highest BCUT2D eigenvalue weighted by Crippen LogP contribution is 2.09. The predicted octanol–water partition coefficient (Wildman–Crippen LogP) is 2.22. The van der Waals surface area contributed by atoms with Crippen LogP contribution in [0.3, 0.4) is 0 Å². The highest BCUT2D eigenvalue weighted by atomic mass is 16.1. The Morgan fingerprint density at radius 1 is 1.38 bits per heavy atom. The SMILES string of the molecule is CCCCCC(=O)NCCC1CCCCN1. The Balaban J connectivity index is 1.94. The van der Waals surface area contributed by atoms with Gasteiger partial charge in [0.05, 0.1) is 0 Å². The number of carbonyl (C=O) groups is 1. The topological polar surface area (TPSA) is 41.1 Å². The second-order valence-electron chi connectivity index (χ2n) is 4.74. The lowest BCUT2D eigenvalue weighted by atomic mass is 10.0. The molecule has 1 rings (SSSR count). The normalized spacial score (nSPS) is 20.7. The van der Waals surface area contributed by atoms with E-state index in [-0.39, 0.29) is 5.91 Å². The Hall–Kier alpha value is -0.570. The average Bonchev–Trinajstić information content (AvgIpc) is 2.31. The molecule has 0 bridgehead atoms. The van der Waals surface area contributed by atoms with Crippen LogP contribution in [0, 0.1) is 0 Å². The number of amides is 1. The van der Waals surface area contributed by atoms with Gasteiger partial charge in [0.2, 0.25) is 5.91 Å². The first-order valence-corrected chi connectivity index (χ1v) is 6.83. The van der Waals surface area contributed by atoms with Gasteiger partial charge in [-0.25, -0.2) is 0 Å². The maximum absolute atomic E-state index is 11.4. The second kappa shape index (κ2) is 8.57. The molecule has 94 valence electrons. The molecule has 3 heteroatoms. The lowest BCUT2D eigenvalue weighted by Crippen LogP contribution is -2.37. The fraction of sp³-hybridized carbons (Fsp3) is 0.923. The van der Waals surface area contributed by atoms with Crippen LogP contribution in [0.15, 0.2) is 0 Å². The number of rotatable bonds is 7. The molecule has 0 aliphatic carbocycles. The Bertz CT molecular complexity index is 188. The number of hydrogen-bond donors (Lipinski definition) is 2. The van der Waals surface area contributed by atoms with Crippen molar-refractivity contribution in [3.8, 4) is 0 Å². The average molecular weight is 226 g/mol.